The summed E-state index contributed by atoms with van der Waals surface area (Å²) in [6, 6.07) is 13.6. The Morgan fingerprint density at radius 1 is 1.27 bits per heavy atom. The molecule has 26 heavy (non-hydrogen) atoms. The molecule has 1 amide bonds. The van der Waals surface area contributed by atoms with Crippen molar-refractivity contribution in [3.05, 3.63) is 69.6 Å². The predicted molar refractivity (Wildman–Crippen MR) is 105 cm³/mol. The number of amides is 1. The van der Waals surface area contributed by atoms with E-state index in [1.54, 1.807) is 41.4 Å². The number of hydrogen-bond donors (Lipinski definition) is 1. The Morgan fingerprint density at radius 2 is 2.04 bits per heavy atom. The van der Waals surface area contributed by atoms with Gasteiger partial charge in [-0.1, -0.05) is 19.1 Å². The smallest absolute Gasteiger partial charge is 0.270 e. The van der Waals surface area contributed by atoms with Gasteiger partial charge in [-0.05, 0) is 30.0 Å². The number of benzene rings is 2. The Balaban J connectivity index is 1.72. The van der Waals surface area contributed by atoms with E-state index in [2.05, 4.69) is 17.2 Å². The van der Waals surface area contributed by atoms with Crippen LogP contribution in [-0.4, -0.2) is 21.6 Å². The van der Waals surface area contributed by atoms with Crippen LogP contribution in [0.2, 0.25) is 0 Å². The molecule has 0 aliphatic carbocycles. The molecule has 6 nitrogen and oxygen atoms in total. The molecule has 8 heteroatoms. The third-order valence-corrected chi connectivity index (χ3v) is 5.16. The number of nitro benzene ring substituents is 1. The number of rotatable bonds is 6. The highest BCUT2D eigenvalue weighted by molar-refractivity contribution is 7.99. The molecule has 0 saturated heterocycles. The van der Waals surface area contributed by atoms with E-state index in [1.807, 2.05) is 12.1 Å². The molecular formula is C18H15N3O3S2. The minimum absolute atomic E-state index is 0.00567. The summed E-state index contributed by atoms with van der Waals surface area (Å²) >= 11 is 2.99. The molecule has 0 aliphatic rings. The summed E-state index contributed by atoms with van der Waals surface area (Å²) < 4.78 is 0. The van der Waals surface area contributed by atoms with Crippen molar-refractivity contribution >= 4 is 39.8 Å². The van der Waals surface area contributed by atoms with Crippen molar-refractivity contribution in [3.8, 4) is 11.3 Å². The maximum atomic E-state index is 12.3. The summed E-state index contributed by atoms with van der Waals surface area (Å²) in [4.78, 5) is 28.2. The number of aromatic nitrogens is 1. The van der Waals surface area contributed by atoms with Crippen LogP contribution in [0.4, 0.5) is 10.8 Å². The molecule has 0 fully saturated rings. The lowest BCUT2D eigenvalue weighted by Gasteiger charge is -2.03. The normalized spacial score (nSPS) is 10.5. The standard InChI is InChI=1S/C18H15N3O3S2/c1-2-25-15-8-6-12(7-9-15)17(22)20-18-19-16(11-26-18)13-4-3-5-14(10-13)21(23)24/h3-11H,2H2,1H3,(H,19,20,22). The van der Waals surface area contributed by atoms with Crippen molar-refractivity contribution in [1.82, 2.24) is 4.98 Å². The van der Waals surface area contributed by atoms with Crippen LogP contribution in [0.15, 0.2) is 58.8 Å². The lowest BCUT2D eigenvalue weighted by atomic mass is 10.1. The quantitative estimate of drug-likeness (QED) is 0.363. The monoisotopic (exact) mass is 385 g/mol. The average Bonchev–Trinajstić information content (AvgIpc) is 3.11. The van der Waals surface area contributed by atoms with Gasteiger partial charge >= 0.3 is 0 Å². The van der Waals surface area contributed by atoms with Gasteiger partial charge in [-0.3, -0.25) is 20.2 Å². The Labute approximate surface area is 158 Å². The molecule has 0 atom stereocenters. The summed E-state index contributed by atoms with van der Waals surface area (Å²) in [5, 5.41) is 15.9. The first kappa shape index (κ1) is 18.1. The number of nitrogens with one attached hydrogen (secondary N) is 1. The van der Waals surface area contributed by atoms with E-state index in [4.69, 9.17) is 0 Å². The van der Waals surface area contributed by atoms with Crippen molar-refractivity contribution in [2.45, 2.75) is 11.8 Å². The molecule has 0 radical (unpaired) electrons. The number of nitrogens with zero attached hydrogens (tertiary/aromatic N) is 2. The van der Waals surface area contributed by atoms with Crippen LogP contribution < -0.4 is 5.32 Å². The molecule has 1 N–H and O–H groups in total. The molecule has 1 aromatic heterocycles. The van der Waals surface area contributed by atoms with Crippen LogP contribution in [0.3, 0.4) is 0 Å². The van der Waals surface area contributed by atoms with Crippen molar-refractivity contribution in [1.29, 1.82) is 0 Å². The van der Waals surface area contributed by atoms with Crippen LogP contribution in [0.1, 0.15) is 17.3 Å². The van der Waals surface area contributed by atoms with Gasteiger partial charge in [-0.25, -0.2) is 4.98 Å². The van der Waals surface area contributed by atoms with Gasteiger partial charge in [-0.15, -0.1) is 23.1 Å². The number of non-ortho nitro benzene ring substituents is 1. The van der Waals surface area contributed by atoms with Crippen LogP contribution in [-0.2, 0) is 0 Å². The Hall–Kier alpha value is -2.71. The summed E-state index contributed by atoms with van der Waals surface area (Å²) in [5.41, 5.74) is 1.78. The SMILES string of the molecule is CCSc1ccc(C(=O)Nc2nc(-c3cccc([N+](=O)[O-])c3)cs2)cc1. The molecule has 0 saturated carbocycles. The zero-order valence-corrected chi connectivity index (χ0v) is 15.5. The van der Waals surface area contributed by atoms with Gasteiger partial charge < -0.3 is 0 Å². The minimum atomic E-state index is -0.445. The second-order valence-corrected chi connectivity index (χ2v) is 7.45. The minimum Gasteiger partial charge on any atom is -0.298 e. The molecular weight excluding hydrogens is 370 g/mol. The molecule has 132 valence electrons. The van der Waals surface area contributed by atoms with Crippen molar-refractivity contribution < 1.29 is 9.72 Å². The van der Waals surface area contributed by atoms with Gasteiger partial charge in [0.15, 0.2) is 5.13 Å². The second kappa shape index (κ2) is 8.11. The molecule has 3 rings (SSSR count). The number of thioether (sulfide) groups is 1. The molecule has 0 aliphatic heterocycles. The van der Waals surface area contributed by atoms with Gasteiger partial charge in [0.2, 0.25) is 0 Å². The van der Waals surface area contributed by atoms with Crippen LogP contribution in [0, 0.1) is 10.1 Å². The van der Waals surface area contributed by atoms with Crippen molar-refractivity contribution in [2.75, 3.05) is 11.1 Å². The van der Waals surface area contributed by atoms with Crippen LogP contribution in [0.25, 0.3) is 11.3 Å². The fourth-order valence-electron chi connectivity index (χ4n) is 2.28. The first-order valence-corrected chi connectivity index (χ1v) is 9.68. The van der Waals surface area contributed by atoms with E-state index < -0.39 is 4.92 Å². The van der Waals surface area contributed by atoms with E-state index in [1.165, 1.54) is 23.5 Å². The van der Waals surface area contributed by atoms with Gasteiger partial charge in [-0.2, -0.15) is 0 Å². The highest BCUT2D eigenvalue weighted by Gasteiger charge is 2.12. The molecule has 0 unspecified atom stereocenters. The molecule has 3 aromatic rings. The molecule has 0 bridgehead atoms. The van der Waals surface area contributed by atoms with E-state index >= 15 is 0 Å². The Bertz CT molecular complexity index is 939. The summed E-state index contributed by atoms with van der Waals surface area (Å²) in [6.07, 6.45) is 0. The zero-order valence-electron chi connectivity index (χ0n) is 13.8. The highest BCUT2D eigenvalue weighted by Crippen LogP contribution is 2.27. The van der Waals surface area contributed by atoms with Gasteiger partial charge in [0.25, 0.3) is 11.6 Å². The third kappa shape index (κ3) is 4.27. The maximum absolute atomic E-state index is 12.3. The largest absolute Gasteiger partial charge is 0.298 e. The summed E-state index contributed by atoms with van der Waals surface area (Å²) in [7, 11) is 0. The summed E-state index contributed by atoms with van der Waals surface area (Å²) in [5.74, 6) is 0.739. The van der Waals surface area contributed by atoms with E-state index in [0.717, 1.165) is 10.6 Å². The molecule has 0 spiro atoms. The lowest BCUT2D eigenvalue weighted by molar-refractivity contribution is -0.384. The molecule has 2 aromatic carbocycles. The Kier molecular flexibility index (Phi) is 5.65. The predicted octanol–water partition coefficient (Wildman–Crippen LogP) is 5.08. The maximum Gasteiger partial charge on any atom is 0.270 e. The van der Waals surface area contributed by atoms with E-state index in [9.17, 15) is 14.9 Å². The first-order chi connectivity index (χ1) is 12.6. The fraction of sp³-hybridized carbons (Fsp3) is 0.111. The number of carbonyl (C=O) groups is 1. The number of nitro groups is 1. The van der Waals surface area contributed by atoms with Crippen molar-refractivity contribution in [2.24, 2.45) is 0 Å². The van der Waals surface area contributed by atoms with Crippen molar-refractivity contribution in [3.63, 3.8) is 0 Å². The topological polar surface area (TPSA) is 85.1 Å². The van der Waals surface area contributed by atoms with Crippen LogP contribution >= 0.6 is 23.1 Å². The van der Waals surface area contributed by atoms with E-state index in [0.29, 0.717) is 22.0 Å². The summed E-state index contributed by atoms with van der Waals surface area (Å²) in [6.45, 7) is 2.08. The number of thiazole rings is 1. The van der Waals surface area contributed by atoms with Crippen LogP contribution in [0.5, 0.6) is 0 Å². The van der Waals surface area contributed by atoms with Gasteiger partial charge in [0.05, 0.1) is 10.6 Å². The first-order valence-electron chi connectivity index (χ1n) is 7.81. The zero-order chi connectivity index (χ0) is 18.5. The Morgan fingerprint density at radius 3 is 2.73 bits per heavy atom. The highest BCUT2D eigenvalue weighted by atomic mass is 32.2. The van der Waals surface area contributed by atoms with Gasteiger partial charge in [0, 0.05) is 33.5 Å². The molecule has 1 heterocycles. The average molecular weight is 385 g/mol. The third-order valence-electron chi connectivity index (χ3n) is 3.50. The fourth-order valence-corrected chi connectivity index (χ4v) is 3.66. The number of hydrogen-bond acceptors (Lipinski definition) is 6. The lowest BCUT2D eigenvalue weighted by Crippen LogP contribution is -2.11. The number of anilines is 1. The van der Waals surface area contributed by atoms with E-state index in [-0.39, 0.29) is 11.6 Å². The number of carbonyl (C=O) groups excluding carboxylic acids is 1. The van der Waals surface area contributed by atoms with Gasteiger partial charge in [0.1, 0.15) is 0 Å². The second-order valence-electron chi connectivity index (χ2n) is 5.26.